The molecule has 10 heteroatoms. The molecule has 1 aromatic heterocycles. The van der Waals surface area contributed by atoms with E-state index in [1.165, 1.54) is 24.4 Å². The lowest BCUT2D eigenvalue weighted by atomic mass is 9.99. The molecule has 1 heterocycles. The Hall–Kier alpha value is -3.14. The maximum atomic E-state index is 12.9. The van der Waals surface area contributed by atoms with Gasteiger partial charge in [-0.05, 0) is 48.7 Å². The van der Waals surface area contributed by atoms with E-state index in [2.05, 4.69) is 4.98 Å². The number of sulfonamides is 1. The molecule has 1 N–H and O–H groups in total. The molecule has 1 aliphatic rings. The molecule has 0 unspecified atom stereocenters. The van der Waals surface area contributed by atoms with Crippen LogP contribution in [0.15, 0.2) is 48.7 Å². The van der Waals surface area contributed by atoms with Gasteiger partial charge in [0.1, 0.15) is 5.75 Å². The number of ether oxygens (including phenoxy) is 1. The summed E-state index contributed by atoms with van der Waals surface area (Å²) in [4.78, 5) is 16.5. The van der Waals surface area contributed by atoms with Gasteiger partial charge in [0.25, 0.3) is 5.91 Å². The molecular weight excluding hydrogens is 433 g/mol. The summed E-state index contributed by atoms with van der Waals surface area (Å²) in [6.45, 7) is 0. The Labute approximate surface area is 176 Å². The number of pyridine rings is 1. The van der Waals surface area contributed by atoms with Crippen LogP contribution < -0.4 is 9.46 Å². The molecule has 0 radical (unpaired) electrons. The van der Waals surface area contributed by atoms with Gasteiger partial charge < -0.3 is 4.74 Å². The van der Waals surface area contributed by atoms with Crippen LogP contribution in [0.4, 0.5) is 13.2 Å². The molecular formula is C21H17F3N2O4S. The number of halogens is 3. The number of fused-ring (bicyclic) bond motifs is 1. The molecule has 0 spiro atoms. The van der Waals surface area contributed by atoms with Crippen LogP contribution in [0.1, 0.15) is 28.8 Å². The maximum absolute atomic E-state index is 12.9. The van der Waals surface area contributed by atoms with Gasteiger partial charge in [0.05, 0.1) is 29.0 Å². The van der Waals surface area contributed by atoms with Crippen LogP contribution in [-0.4, -0.2) is 31.7 Å². The summed E-state index contributed by atoms with van der Waals surface area (Å²) in [7, 11) is -3.75. The van der Waals surface area contributed by atoms with Crippen molar-refractivity contribution in [1.29, 1.82) is 0 Å². The minimum absolute atomic E-state index is 0.0277. The zero-order chi connectivity index (χ0) is 22.4. The van der Waals surface area contributed by atoms with E-state index in [0.29, 0.717) is 27.8 Å². The summed E-state index contributed by atoms with van der Waals surface area (Å²) < 4.78 is 69.2. The van der Waals surface area contributed by atoms with Crippen molar-refractivity contribution in [3.63, 3.8) is 0 Å². The van der Waals surface area contributed by atoms with E-state index in [9.17, 15) is 26.4 Å². The minimum Gasteiger partial charge on any atom is -0.490 e. The van der Waals surface area contributed by atoms with Crippen LogP contribution in [0.25, 0.3) is 22.0 Å². The highest BCUT2D eigenvalue weighted by molar-refractivity contribution is 7.89. The van der Waals surface area contributed by atoms with Crippen molar-refractivity contribution in [2.75, 3.05) is 6.26 Å². The molecule has 1 fully saturated rings. The third-order valence-electron chi connectivity index (χ3n) is 4.65. The average molecular weight is 450 g/mol. The SMILES string of the molecule is CS(=O)(=O)NC(=O)c1cnc2c(-c3ccc(C(F)(F)F)cc3)cc(OC3CC3)cc2c1. The smallest absolute Gasteiger partial charge is 0.416 e. The molecule has 0 bridgehead atoms. The lowest BCUT2D eigenvalue weighted by Crippen LogP contribution is -2.29. The first-order valence-corrected chi connectivity index (χ1v) is 11.2. The lowest BCUT2D eigenvalue weighted by Gasteiger charge is -2.13. The molecule has 0 atom stereocenters. The van der Waals surface area contributed by atoms with Crippen LogP contribution in [0.3, 0.4) is 0 Å². The number of rotatable bonds is 5. The topological polar surface area (TPSA) is 85.4 Å². The number of carbonyl (C=O) groups excluding carboxylic acids is 1. The highest BCUT2D eigenvalue weighted by Gasteiger charge is 2.30. The quantitative estimate of drug-likeness (QED) is 0.631. The van der Waals surface area contributed by atoms with Crippen molar-refractivity contribution in [1.82, 2.24) is 9.71 Å². The Morgan fingerprint density at radius 1 is 1.13 bits per heavy atom. The molecule has 2 aromatic carbocycles. The zero-order valence-corrected chi connectivity index (χ0v) is 17.0. The summed E-state index contributed by atoms with van der Waals surface area (Å²) in [6, 6.07) is 9.52. The van der Waals surface area contributed by atoms with Gasteiger partial charge in [-0.15, -0.1) is 0 Å². The van der Waals surface area contributed by atoms with E-state index >= 15 is 0 Å². The maximum Gasteiger partial charge on any atom is 0.416 e. The van der Waals surface area contributed by atoms with Gasteiger partial charge in [-0.25, -0.2) is 13.1 Å². The van der Waals surface area contributed by atoms with Crippen LogP contribution in [-0.2, 0) is 16.2 Å². The van der Waals surface area contributed by atoms with E-state index in [-0.39, 0.29) is 11.7 Å². The number of nitrogens with zero attached hydrogens (tertiary/aromatic N) is 1. The van der Waals surface area contributed by atoms with Crippen molar-refractivity contribution in [3.05, 3.63) is 59.8 Å². The van der Waals surface area contributed by atoms with Gasteiger partial charge in [-0.3, -0.25) is 9.78 Å². The molecule has 1 aliphatic carbocycles. The Morgan fingerprint density at radius 2 is 1.81 bits per heavy atom. The van der Waals surface area contributed by atoms with Gasteiger partial charge in [0.15, 0.2) is 0 Å². The fraction of sp³-hybridized carbons (Fsp3) is 0.238. The summed E-state index contributed by atoms with van der Waals surface area (Å²) in [5.74, 6) is -0.339. The largest absolute Gasteiger partial charge is 0.490 e. The molecule has 1 saturated carbocycles. The van der Waals surface area contributed by atoms with E-state index in [1.807, 2.05) is 4.72 Å². The second-order valence-electron chi connectivity index (χ2n) is 7.36. The molecule has 1 amide bonds. The third kappa shape index (κ3) is 4.96. The Balaban J connectivity index is 1.80. The van der Waals surface area contributed by atoms with Crippen molar-refractivity contribution >= 4 is 26.8 Å². The molecule has 4 rings (SSSR count). The minimum atomic E-state index is -4.45. The summed E-state index contributed by atoms with van der Waals surface area (Å²) in [5.41, 5.74) is 0.745. The van der Waals surface area contributed by atoms with Crippen molar-refractivity contribution in [3.8, 4) is 16.9 Å². The summed E-state index contributed by atoms with van der Waals surface area (Å²) in [5, 5.41) is 0.495. The fourth-order valence-electron chi connectivity index (χ4n) is 3.08. The van der Waals surface area contributed by atoms with Crippen molar-refractivity contribution in [2.45, 2.75) is 25.1 Å². The second kappa shape index (κ2) is 7.52. The van der Waals surface area contributed by atoms with Crippen molar-refractivity contribution < 1.29 is 31.1 Å². The standard InChI is InChI=1S/C21H17F3N2O4S/c1-31(28,29)26-20(27)14-8-13-9-17(30-16-6-7-16)10-18(19(13)25-11-14)12-2-4-15(5-3-12)21(22,23)24/h2-5,8-11,16H,6-7H2,1H3,(H,26,27). The number of carbonyl (C=O) groups is 1. The first kappa shape index (κ1) is 21.1. The van der Waals surface area contributed by atoms with Gasteiger partial charge in [-0.2, -0.15) is 13.2 Å². The number of hydrogen-bond donors (Lipinski definition) is 1. The number of amides is 1. The van der Waals surface area contributed by atoms with Crippen LogP contribution in [0.2, 0.25) is 0 Å². The van der Waals surface area contributed by atoms with Crippen LogP contribution in [0, 0.1) is 0 Å². The number of benzene rings is 2. The number of alkyl halides is 3. The normalized spacial score (nSPS) is 14.5. The third-order valence-corrected chi connectivity index (χ3v) is 5.20. The fourth-order valence-corrected chi connectivity index (χ4v) is 3.53. The Bertz CT molecular complexity index is 1270. The van der Waals surface area contributed by atoms with Crippen LogP contribution in [0.5, 0.6) is 5.75 Å². The second-order valence-corrected chi connectivity index (χ2v) is 9.11. The molecule has 0 aliphatic heterocycles. The van der Waals surface area contributed by atoms with E-state index in [0.717, 1.165) is 31.2 Å². The number of hydrogen-bond acceptors (Lipinski definition) is 5. The predicted octanol–water partition coefficient (Wildman–Crippen LogP) is 4.15. The average Bonchev–Trinajstić information content (AvgIpc) is 3.49. The molecule has 162 valence electrons. The van der Waals surface area contributed by atoms with Gasteiger partial charge >= 0.3 is 6.18 Å². The van der Waals surface area contributed by atoms with E-state index in [1.54, 1.807) is 12.1 Å². The van der Waals surface area contributed by atoms with E-state index < -0.39 is 27.7 Å². The number of nitrogens with one attached hydrogen (secondary N) is 1. The van der Waals surface area contributed by atoms with Gasteiger partial charge in [-0.1, -0.05) is 12.1 Å². The summed E-state index contributed by atoms with van der Waals surface area (Å²) in [6.07, 6.45) is -0.479. The Morgan fingerprint density at radius 3 is 2.39 bits per heavy atom. The summed E-state index contributed by atoms with van der Waals surface area (Å²) >= 11 is 0. The molecule has 3 aromatic rings. The highest BCUT2D eigenvalue weighted by Crippen LogP contribution is 2.37. The van der Waals surface area contributed by atoms with Crippen molar-refractivity contribution in [2.24, 2.45) is 0 Å². The zero-order valence-electron chi connectivity index (χ0n) is 16.2. The van der Waals surface area contributed by atoms with Crippen LogP contribution >= 0.6 is 0 Å². The highest BCUT2D eigenvalue weighted by atomic mass is 32.2. The predicted molar refractivity (Wildman–Crippen MR) is 108 cm³/mol. The molecule has 6 nitrogen and oxygen atoms in total. The van der Waals surface area contributed by atoms with E-state index in [4.69, 9.17) is 4.74 Å². The lowest BCUT2D eigenvalue weighted by molar-refractivity contribution is -0.137. The first-order chi connectivity index (χ1) is 14.5. The first-order valence-electron chi connectivity index (χ1n) is 9.30. The van der Waals surface area contributed by atoms with Gasteiger partial charge in [0, 0.05) is 17.1 Å². The number of aromatic nitrogens is 1. The molecule has 0 saturated heterocycles. The van der Waals surface area contributed by atoms with Gasteiger partial charge in [0.2, 0.25) is 10.0 Å². The monoisotopic (exact) mass is 450 g/mol. The Kier molecular flexibility index (Phi) is 5.12. The molecule has 31 heavy (non-hydrogen) atoms.